The maximum absolute atomic E-state index is 4.09. The minimum absolute atomic E-state index is 0.839. The van der Waals surface area contributed by atoms with Gasteiger partial charge in [0.25, 0.3) is 0 Å². The summed E-state index contributed by atoms with van der Waals surface area (Å²) < 4.78 is 0. The molecule has 0 fully saturated rings. The van der Waals surface area contributed by atoms with E-state index in [9.17, 15) is 0 Å². The lowest BCUT2D eigenvalue weighted by atomic mass is 9.97. The second kappa shape index (κ2) is 6.20. The van der Waals surface area contributed by atoms with Gasteiger partial charge in [0.2, 0.25) is 0 Å². The lowest BCUT2D eigenvalue weighted by molar-refractivity contribution is 0.894. The average molecular weight is 201 g/mol. The maximum atomic E-state index is 4.09. The molecule has 0 atom stereocenters. The van der Waals surface area contributed by atoms with Crippen molar-refractivity contribution in [2.45, 2.75) is 12.8 Å². The van der Waals surface area contributed by atoms with Gasteiger partial charge in [-0.25, -0.2) is 0 Å². The molecule has 0 aromatic heterocycles. The molecule has 0 unspecified atom stereocenters. The van der Waals surface area contributed by atoms with Crippen LogP contribution in [0.2, 0.25) is 0 Å². The Morgan fingerprint density at radius 3 is 2.93 bits per heavy atom. The van der Waals surface area contributed by atoms with Gasteiger partial charge in [0.1, 0.15) is 0 Å². The largest absolute Gasteiger partial charge is 0.316 e. The van der Waals surface area contributed by atoms with Gasteiger partial charge in [0.05, 0.1) is 0 Å². The fourth-order valence-corrected chi connectivity index (χ4v) is 1.57. The molecule has 0 bridgehead atoms. The minimum Gasteiger partial charge on any atom is -0.316 e. The molecule has 1 aliphatic rings. The van der Waals surface area contributed by atoms with E-state index >= 15 is 0 Å². The number of nitrogens with one attached hydrogen (secondary N) is 1. The molecule has 0 heterocycles. The predicted octanol–water partition coefficient (Wildman–Crippen LogP) is 3.15. The Morgan fingerprint density at radius 1 is 1.60 bits per heavy atom. The Hall–Kier alpha value is -1.34. The van der Waals surface area contributed by atoms with Crippen LogP contribution in [0.4, 0.5) is 0 Å². The van der Waals surface area contributed by atoms with Crippen molar-refractivity contribution in [2.24, 2.45) is 0 Å². The fraction of sp³-hybridized carbons (Fsp3) is 0.286. The van der Waals surface area contributed by atoms with E-state index in [-0.39, 0.29) is 0 Å². The molecule has 0 aromatic carbocycles. The highest BCUT2D eigenvalue weighted by Gasteiger charge is 2.02. The van der Waals surface area contributed by atoms with Gasteiger partial charge in [-0.3, -0.25) is 0 Å². The van der Waals surface area contributed by atoms with Crippen molar-refractivity contribution in [3.05, 3.63) is 60.3 Å². The Bertz CT molecular complexity index is 329. The van der Waals surface area contributed by atoms with Crippen LogP contribution in [0.25, 0.3) is 0 Å². The topological polar surface area (TPSA) is 12.0 Å². The molecule has 15 heavy (non-hydrogen) atoms. The summed E-state index contributed by atoms with van der Waals surface area (Å²) in [5.41, 5.74) is 3.61. The van der Waals surface area contributed by atoms with Crippen LogP contribution < -0.4 is 5.32 Å². The van der Waals surface area contributed by atoms with Gasteiger partial charge in [0, 0.05) is 6.54 Å². The van der Waals surface area contributed by atoms with Gasteiger partial charge in [0.15, 0.2) is 0 Å². The second-order valence-corrected chi connectivity index (χ2v) is 3.64. The number of likely N-dealkylation sites (N-methyl/N-ethyl adjacent to an activating group) is 1. The molecule has 1 rings (SSSR count). The van der Waals surface area contributed by atoms with Crippen LogP contribution in [0.1, 0.15) is 12.8 Å². The highest BCUT2D eigenvalue weighted by Crippen LogP contribution is 2.20. The smallest absolute Gasteiger partial charge is 0.0202 e. The summed E-state index contributed by atoms with van der Waals surface area (Å²) in [5.74, 6) is 0. The van der Waals surface area contributed by atoms with Gasteiger partial charge in [-0.1, -0.05) is 43.5 Å². The van der Waals surface area contributed by atoms with E-state index in [0.717, 1.165) is 25.0 Å². The van der Waals surface area contributed by atoms with E-state index in [1.165, 1.54) is 11.1 Å². The van der Waals surface area contributed by atoms with Gasteiger partial charge in [-0.2, -0.15) is 0 Å². The SMILES string of the molecule is C=C/C(=C\C(=C)C1=CC=CCC1)CNC. The van der Waals surface area contributed by atoms with Gasteiger partial charge in [-0.05, 0) is 36.6 Å². The normalized spacial score (nSPS) is 16.1. The lowest BCUT2D eigenvalue weighted by Gasteiger charge is -2.10. The van der Waals surface area contributed by atoms with E-state index in [1.54, 1.807) is 0 Å². The molecule has 0 aromatic rings. The first-order valence-electron chi connectivity index (χ1n) is 5.30. The highest BCUT2D eigenvalue weighted by molar-refractivity contribution is 5.44. The molecular weight excluding hydrogens is 182 g/mol. The van der Waals surface area contributed by atoms with E-state index in [0.29, 0.717) is 0 Å². The first-order chi connectivity index (χ1) is 7.27. The summed E-state index contributed by atoms with van der Waals surface area (Å²) in [6.45, 7) is 8.73. The second-order valence-electron chi connectivity index (χ2n) is 3.64. The number of allylic oxidation sites excluding steroid dienone is 6. The number of hydrogen-bond donors (Lipinski definition) is 1. The number of hydrogen-bond acceptors (Lipinski definition) is 1. The molecule has 1 aliphatic carbocycles. The van der Waals surface area contributed by atoms with Crippen LogP contribution in [0, 0.1) is 0 Å². The summed E-state index contributed by atoms with van der Waals surface area (Å²) in [5, 5.41) is 3.11. The molecule has 1 N–H and O–H groups in total. The van der Waals surface area contributed by atoms with Gasteiger partial charge < -0.3 is 5.32 Å². The lowest BCUT2D eigenvalue weighted by Crippen LogP contribution is -2.09. The van der Waals surface area contributed by atoms with E-state index in [4.69, 9.17) is 0 Å². The van der Waals surface area contributed by atoms with Crippen molar-refractivity contribution >= 4 is 0 Å². The zero-order valence-electron chi connectivity index (χ0n) is 9.42. The number of rotatable bonds is 5. The van der Waals surface area contributed by atoms with Gasteiger partial charge in [-0.15, -0.1) is 0 Å². The van der Waals surface area contributed by atoms with Crippen molar-refractivity contribution < 1.29 is 0 Å². The Labute approximate surface area is 92.6 Å². The molecule has 0 saturated heterocycles. The maximum Gasteiger partial charge on any atom is 0.0202 e. The Morgan fingerprint density at radius 2 is 2.40 bits per heavy atom. The zero-order valence-corrected chi connectivity index (χ0v) is 9.42. The van der Waals surface area contributed by atoms with Crippen LogP contribution in [-0.2, 0) is 0 Å². The Balaban J connectivity index is 2.71. The van der Waals surface area contributed by atoms with E-state index < -0.39 is 0 Å². The van der Waals surface area contributed by atoms with Crippen LogP contribution >= 0.6 is 0 Å². The van der Waals surface area contributed by atoms with Crippen molar-refractivity contribution in [1.29, 1.82) is 0 Å². The predicted molar refractivity (Wildman–Crippen MR) is 67.8 cm³/mol. The molecule has 0 saturated carbocycles. The summed E-state index contributed by atoms with van der Waals surface area (Å²) >= 11 is 0. The van der Waals surface area contributed by atoms with Crippen molar-refractivity contribution in [2.75, 3.05) is 13.6 Å². The first-order valence-corrected chi connectivity index (χ1v) is 5.30. The zero-order chi connectivity index (χ0) is 11.1. The minimum atomic E-state index is 0.839. The molecule has 0 spiro atoms. The van der Waals surface area contributed by atoms with Gasteiger partial charge >= 0.3 is 0 Å². The third kappa shape index (κ3) is 3.72. The van der Waals surface area contributed by atoms with Crippen LogP contribution in [0.15, 0.2) is 60.3 Å². The fourth-order valence-electron chi connectivity index (χ4n) is 1.57. The van der Waals surface area contributed by atoms with E-state index in [1.807, 2.05) is 13.1 Å². The molecular formula is C14H19N. The standard InChI is InChI=1S/C14H19N/c1-4-13(11-15-3)10-12(2)14-8-6-5-7-9-14/h4-6,8,10,15H,1-2,7,9,11H2,3H3/b13-10+. The van der Waals surface area contributed by atoms with Crippen molar-refractivity contribution in [3.63, 3.8) is 0 Å². The van der Waals surface area contributed by atoms with Crippen LogP contribution in [0.5, 0.6) is 0 Å². The third-order valence-electron chi connectivity index (χ3n) is 2.43. The molecule has 0 aliphatic heterocycles. The average Bonchev–Trinajstić information content (AvgIpc) is 2.29. The van der Waals surface area contributed by atoms with Crippen molar-refractivity contribution in [3.8, 4) is 0 Å². The highest BCUT2D eigenvalue weighted by atomic mass is 14.8. The Kier molecular flexibility index (Phi) is 4.85. The van der Waals surface area contributed by atoms with E-state index in [2.05, 4.69) is 42.8 Å². The summed E-state index contributed by atoms with van der Waals surface area (Å²) in [4.78, 5) is 0. The monoisotopic (exact) mass is 201 g/mol. The van der Waals surface area contributed by atoms with Crippen LogP contribution in [-0.4, -0.2) is 13.6 Å². The van der Waals surface area contributed by atoms with Crippen molar-refractivity contribution in [1.82, 2.24) is 5.32 Å². The molecule has 0 radical (unpaired) electrons. The molecule has 1 heteroatoms. The summed E-state index contributed by atoms with van der Waals surface area (Å²) in [6.07, 6.45) is 12.6. The molecule has 0 amide bonds. The third-order valence-corrected chi connectivity index (χ3v) is 2.43. The van der Waals surface area contributed by atoms with Crippen LogP contribution in [0.3, 0.4) is 0 Å². The quantitative estimate of drug-likeness (QED) is 0.674. The molecule has 80 valence electrons. The summed E-state index contributed by atoms with van der Waals surface area (Å²) in [6, 6.07) is 0. The summed E-state index contributed by atoms with van der Waals surface area (Å²) in [7, 11) is 1.93. The first kappa shape index (κ1) is 11.7. The molecule has 1 nitrogen and oxygen atoms in total.